The number of aliphatic hydroxyl groups excluding tert-OH is 2. The van der Waals surface area contributed by atoms with Gasteiger partial charge >= 0.3 is 5.97 Å². The molecule has 2 N–H and O–H groups in total. The summed E-state index contributed by atoms with van der Waals surface area (Å²) in [6, 6.07) is 38.2. The van der Waals surface area contributed by atoms with Crippen molar-refractivity contribution in [3.05, 3.63) is 144 Å². The molecule has 3 aliphatic rings. The maximum absolute atomic E-state index is 13.4. The highest BCUT2D eigenvalue weighted by atomic mass is 16.8. The first-order chi connectivity index (χ1) is 27.6. The number of aliphatic hydroxyl groups is 2. The molecule has 11 atom stereocenters. The van der Waals surface area contributed by atoms with E-state index in [1.54, 1.807) is 20.8 Å². The predicted octanol–water partition coefficient (Wildman–Crippen LogP) is 5.63. The van der Waals surface area contributed by atoms with Gasteiger partial charge in [-0.15, -0.1) is 0 Å². The second-order valence-electron chi connectivity index (χ2n) is 15.5. The molecule has 0 amide bonds. The molecule has 3 aliphatic heterocycles. The van der Waals surface area contributed by atoms with E-state index >= 15 is 0 Å². The monoisotopic (exact) mass is 784 g/mol. The Hall–Kier alpha value is -4.05. The van der Waals surface area contributed by atoms with Crippen LogP contribution >= 0.6 is 0 Å². The zero-order valence-electron chi connectivity index (χ0n) is 32.4. The third-order valence-corrected chi connectivity index (χ3v) is 10.1. The molecule has 12 nitrogen and oxygen atoms in total. The van der Waals surface area contributed by atoms with Gasteiger partial charge in [-0.2, -0.15) is 0 Å². The van der Waals surface area contributed by atoms with Crippen LogP contribution in [0.5, 0.6) is 0 Å². The number of benzene rings is 4. The Labute approximate surface area is 333 Å². The minimum atomic E-state index is -1.52. The second-order valence-corrected chi connectivity index (χ2v) is 15.5. The zero-order chi connectivity index (χ0) is 39.8. The normalized spacial score (nSPS) is 30.3. The average Bonchev–Trinajstić information content (AvgIpc) is 3.23. The Balaban J connectivity index is 1.19. The molecule has 0 radical (unpaired) electrons. The van der Waals surface area contributed by atoms with E-state index in [0.717, 1.165) is 22.3 Å². The van der Waals surface area contributed by atoms with Crippen LogP contribution in [0.15, 0.2) is 121 Å². The maximum atomic E-state index is 13.4. The Morgan fingerprint density at radius 3 is 1.79 bits per heavy atom. The predicted molar refractivity (Wildman–Crippen MR) is 206 cm³/mol. The van der Waals surface area contributed by atoms with Crippen LogP contribution in [0, 0.1) is 5.41 Å². The highest BCUT2D eigenvalue weighted by molar-refractivity contribution is 5.75. The lowest BCUT2D eigenvalue weighted by Crippen LogP contribution is -2.67. The lowest BCUT2D eigenvalue weighted by atomic mass is 9.94. The SMILES string of the molecule is CC(C)(C)C(=O)O[C@@H]1[C@@H](O)[C@H](O[C@H]2[C@H](OCc3ccccc3)[C@@H](OCc3ccccc3)[C@H](O)O[C@@H]2COCc2ccccc2)O[C@@H]2COC(c3ccccc3)O[C@H]12. The maximum Gasteiger partial charge on any atom is 0.311 e. The Morgan fingerprint density at radius 2 is 1.21 bits per heavy atom. The highest BCUT2D eigenvalue weighted by Crippen LogP contribution is 2.39. The molecule has 4 aromatic rings. The summed E-state index contributed by atoms with van der Waals surface area (Å²) in [6.07, 6.45) is -12.0. The van der Waals surface area contributed by atoms with E-state index in [9.17, 15) is 15.0 Å². The second kappa shape index (κ2) is 19.1. The number of rotatable bonds is 14. The minimum absolute atomic E-state index is 0.0183. The third kappa shape index (κ3) is 10.5. The average molecular weight is 785 g/mol. The summed E-state index contributed by atoms with van der Waals surface area (Å²) in [5, 5.41) is 23.7. The number of carbonyl (C=O) groups excluding carboxylic acids is 1. The Kier molecular flexibility index (Phi) is 13.8. The van der Waals surface area contributed by atoms with E-state index in [-0.39, 0.29) is 33.0 Å². The standard InChI is InChI=1S/C45H52O12/c1-45(2,3)44(48)57-38-35(46)43(54-34-28-52-42(55-36(34)38)32-22-14-7-15-23-32)56-37-33(27-49-24-29-16-8-4-9-17-29)53-41(47)40(51-26-31-20-12-6-13-21-31)39(37)50-25-30-18-10-5-11-19-30/h4-23,33-43,46-47H,24-28H2,1-3H3/t33-,34-,35-,36+,37-,38-,39+,40-,41-,42?,43+/m1/s1. The number of hydrogen-bond donors (Lipinski definition) is 2. The first kappa shape index (κ1) is 41.1. The summed E-state index contributed by atoms with van der Waals surface area (Å²) in [5.74, 6) is -0.535. The van der Waals surface area contributed by atoms with E-state index in [4.69, 9.17) is 42.6 Å². The summed E-state index contributed by atoms with van der Waals surface area (Å²) >= 11 is 0. The van der Waals surface area contributed by atoms with Gasteiger partial charge in [0.15, 0.2) is 25.0 Å². The van der Waals surface area contributed by atoms with Gasteiger partial charge in [-0.3, -0.25) is 4.79 Å². The van der Waals surface area contributed by atoms with Crippen molar-refractivity contribution in [2.75, 3.05) is 13.2 Å². The van der Waals surface area contributed by atoms with Crippen LogP contribution in [-0.2, 0) is 67.2 Å². The van der Waals surface area contributed by atoms with Crippen molar-refractivity contribution in [1.82, 2.24) is 0 Å². The largest absolute Gasteiger partial charge is 0.456 e. The topological polar surface area (TPSA) is 141 Å². The van der Waals surface area contributed by atoms with Gasteiger partial charge in [0.1, 0.15) is 42.7 Å². The van der Waals surface area contributed by atoms with Crippen LogP contribution in [0.2, 0.25) is 0 Å². The first-order valence-corrected chi connectivity index (χ1v) is 19.4. The molecule has 0 bridgehead atoms. The van der Waals surface area contributed by atoms with Crippen molar-refractivity contribution >= 4 is 5.97 Å². The molecule has 4 aromatic carbocycles. The van der Waals surface area contributed by atoms with Gasteiger partial charge in [-0.1, -0.05) is 121 Å². The quantitative estimate of drug-likeness (QED) is 0.153. The fraction of sp³-hybridized carbons (Fsp3) is 0.444. The molecule has 12 heteroatoms. The molecule has 0 spiro atoms. The lowest BCUT2D eigenvalue weighted by molar-refractivity contribution is -0.388. The van der Waals surface area contributed by atoms with Crippen molar-refractivity contribution in [3.63, 3.8) is 0 Å². The molecular weight excluding hydrogens is 732 g/mol. The van der Waals surface area contributed by atoms with Gasteiger partial charge in [-0.25, -0.2) is 0 Å². The minimum Gasteiger partial charge on any atom is -0.456 e. The van der Waals surface area contributed by atoms with E-state index in [1.807, 2.05) is 121 Å². The van der Waals surface area contributed by atoms with E-state index in [0.29, 0.717) is 0 Å². The van der Waals surface area contributed by atoms with E-state index in [1.165, 1.54) is 0 Å². The van der Waals surface area contributed by atoms with Gasteiger partial charge in [0.25, 0.3) is 0 Å². The highest BCUT2D eigenvalue weighted by Gasteiger charge is 2.56. The first-order valence-electron chi connectivity index (χ1n) is 19.4. The fourth-order valence-corrected chi connectivity index (χ4v) is 7.01. The van der Waals surface area contributed by atoms with Crippen molar-refractivity contribution in [2.45, 2.75) is 108 Å². The van der Waals surface area contributed by atoms with Crippen molar-refractivity contribution < 1.29 is 57.6 Å². The van der Waals surface area contributed by atoms with E-state index < -0.39 is 79.1 Å². The summed E-state index contributed by atoms with van der Waals surface area (Å²) in [7, 11) is 0. The molecular formula is C45H52O12. The molecule has 0 aromatic heterocycles. The van der Waals surface area contributed by atoms with Crippen molar-refractivity contribution in [2.24, 2.45) is 5.41 Å². The number of ether oxygens (including phenoxy) is 9. The molecule has 7 rings (SSSR count). The number of carbonyl (C=O) groups is 1. The molecule has 3 saturated heterocycles. The lowest BCUT2D eigenvalue weighted by Gasteiger charge is -2.50. The van der Waals surface area contributed by atoms with Crippen molar-refractivity contribution in [1.29, 1.82) is 0 Å². The summed E-state index contributed by atoms with van der Waals surface area (Å²) < 4.78 is 57.1. The molecule has 0 saturated carbocycles. The fourth-order valence-electron chi connectivity index (χ4n) is 7.01. The number of hydrogen-bond acceptors (Lipinski definition) is 12. The molecule has 3 heterocycles. The van der Waals surface area contributed by atoms with Gasteiger partial charge in [0.05, 0.1) is 38.4 Å². The van der Waals surface area contributed by atoms with Crippen LogP contribution in [0.25, 0.3) is 0 Å². The van der Waals surface area contributed by atoms with Crippen molar-refractivity contribution in [3.8, 4) is 0 Å². The molecule has 1 unspecified atom stereocenters. The van der Waals surface area contributed by atoms with Crippen LogP contribution in [0.1, 0.15) is 49.3 Å². The van der Waals surface area contributed by atoms with E-state index in [2.05, 4.69) is 0 Å². The number of fused-ring (bicyclic) bond motifs is 1. The van der Waals surface area contributed by atoms with Gasteiger partial charge in [0, 0.05) is 5.56 Å². The Bertz CT molecular complexity index is 1810. The van der Waals surface area contributed by atoms with Crippen LogP contribution in [0.4, 0.5) is 0 Å². The van der Waals surface area contributed by atoms with Crippen LogP contribution in [-0.4, -0.2) is 90.8 Å². The molecule has 0 aliphatic carbocycles. The summed E-state index contributed by atoms with van der Waals surface area (Å²) in [5.41, 5.74) is 2.58. The zero-order valence-corrected chi connectivity index (χ0v) is 32.4. The number of esters is 1. The summed E-state index contributed by atoms with van der Waals surface area (Å²) in [4.78, 5) is 13.4. The van der Waals surface area contributed by atoms with Gasteiger partial charge in [-0.05, 0) is 37.5 Å². The van der Waals surface area contributed by atoms with Gasteiger partial charge in [0.2, 0.25) is 0 Å². The smallest absolute Gasteiger partial charge is 0.311 e. The third-order valence-electron chi connectivity index (χ3n) is 10.1. The summed E-state index contributed by atoms with van der Waals surface area (Å²) in [6.45, 7) is 5.80. The van der Waals surface area contributed by atoms with Crippen LogP contribution in [0.3, 0.4) is 0 Å². The Morgan fingerprint density at radius 1 is 0.667 bits per heavy atom. The molecule has 57 heavy (non-hydrogen) atoms. The van der Waals surface area contributed by atoms with Gasteiger partial charge < -0.3 is 52.8 Å². The molecule has 304 valence electrons. The molecule has 3 fully saturated rings. The van der Waals surface area contributed by atoms with Crippen LogP contribution < -0.4 is 0 Å².